The number of carbonyl (C=O) groups excluding carboxylic acids is 3. The van der Waals surface area contributed by atoms with Crippen LogP contribution in [-0.4, -0.2) is 45.2 Å². The van der Waals surface area contributed by atoms with Crippen molar-refractivity contribution in [3.05, 3.63) is 153 Å². The largest absolute Gasteiger partial charge is 0.508 e. The molecule has 1 atom stereocenters. The Kier molecular flexibility index (Phi) is 14.2. The zero-order chi connectivity index (χ0) is 45.1. The molecule has 324 valence electrons. The van der Waals surface area contributed by atoms with Crippen LogP contribution in [0.4, 0.5) is 4.39 Å². The Balaban J connectivity index is 1.09. The molecule has 1 aliphatic carbocycles. The van der Waals surface area contributed by atoms with Gasteiger partial charge in [-0.2, -0.15) is 0 Å². The Bertz CT molecular complexity index is 2840. The molecule has 0 spiro atoms. The third-order valence-electron chi connectivity index (χ3n) is 9.61. The van der Waals surface area contributed by atoms with Crippen LogP contribution in [0.25, 0.3) is 17.2 Å². The molecule has 1 unspecified atom stereocenters. The van der Waals surface area contributed by atoms with Crippen molar-refractivity contribution < 1.29 is 52.2 Å². The Labute approximate surface area is 380 Å². The number of carbonyl (C=O) groups is 3. The zero-order valence-electron chi connectivity index (χ0n) is 33.1. The maximum Gasteiger partial charge on any atom is 0.347 e. The van der Waals surface area contributed by atoms with Gasteiger partial charge in [-0.15, -0.1) is 10.1 Å². The monoisotopic (exact) mass is 981 g/mol. The van der Waals surface area contributed by atoms with Crippen LogP contribution in [0.5, 0.6) is 23.0 Å². The Hall–Kier alpha value is -4.93. The van der Waals surface area contributed by atoms with Gasteiger partial charge in [0.25, 0.3) is 5.09 Å². The van der Waals surface area contributed by atoms with Crippen molar-refractivity contribution in [1.82, 2.24) is 0 Å². The molecule has 1 saturated heterocycles. The quantitative estimate of drug-likeness (QED) is 0.0263. The Morgan fingerprint density at radius 2 is 1.46 bits per heavy atom. The van der Waals surface area contributed by atoms with E-state index >= 15 is 0 Å². The molecule has 5 aromatic rings. The fourth-order valence-electron chi connectivity index (χ4n) is 6.54. The van der Waals surface area contributed by atoms with Crippen LogP contribution in [0, 0.1) is 15.9 Å². The van der Waals surface area contributed by atoms with Crippen molar-refractivity contribution in [2.75, 3.05) is 12.9 Å². The van der Waals surface area contributed by atoms with Crippen LogP contribution in [0.1, 0.15) is 53.2 Å². The molecule has 63 heavy (non-hydrogen) atoms. The van der Waals surface area contributed by atoms with E-state index in [1.165, 1.54) is 30.3 Å². The van der Waals surface area contributed by atoms with Gasteiger partial charge in [-0.05, 0) is 144 Å². The summed E-state index contributed by atoms with van der Waals surface area (Å²) < 4.78 is 39.2. The van der Waals surface area contributed by atoms with Gasteiger partial charge >= 0.3 is 17.9 Å². The SMILES string of the molecule is CC1=C(CC(=O)Oc2ccc(OC(=O)CCCO[N+](=O)[O-])c(C(=O)Oc3ccc(P4(=S)SP(=S)(c5ccc(O)cc5)S4)cc3)c2)c2cc(F)ccc2C1=Cc1ccc(S(C)=O)cc1. The van der Waals surface area contributed by atoms with Crippen molar-refractivity contribution in [3.8, 4) is 23.0 Å². The smallest absolute Gasteiger partial charge is 0.347 e. The number of rotatable bonds is 15. The summed E-state index contributed by atoms with van der Waals surface area (Å²) in [5.74, 6) is -3.00. The highest BCUT2D eigenvalue weighted by Crippen LogP contribution is 3.04. The fourth-order valence-corrected chi connectivity index (χ4v) is 49.3. The van der Waals surface area contributed by atoms with Gasteiger partial charge in [-0.3, -0.25) is 13.8 Å². The van der Waals surface area contributed by atoms with E-state index in [2.05, 4.69) is 4.84 Å². The van der Waals surface area contributed by atoms with Crippen molar-refractivity contribution in [1.29, 1.82) is 0 Å². The summed E-state index contributed by atoms with van der Waals surface area (Å²) in [7, 11) is -1.15. The van der Waals surface area contributed by atoms with Crippen molar-refractivity contribution in [3.63, 3.8) is 0 Å². The predicted molar refractivity (Wildman–Crippen MR) is 253 cm³/mol. The van der Waals surface area contributed by atoms with E-state index in [-0.39, 0.29) is 54.4 Å². The fraction of sp³-hybridized carbons (Fsp3) is 0.140. The van der Waals surface area contributed by atoms with Gasteiger partial charge in [0.1, 0.15) is 34.4 Å². The minimum atomic E-state index is -2.16. The summed E-state index contributed by atoms with van der Waals surface area (Å²) in [5, 5.41) is 21.0. The molecule has 12 nitrogen and oxygen atoms in total. The van der Waals surface area contributed by atoms with Crippen LogP contribution in [0.2, 0.25) is 0 Å². The second-order valence-electron chi connectivity index (χ2n) is 13.9. The highest BCUT2D eigenvalue weighted by molar-refractivity contribution is 9.48. The summed E-state index contributed by atoms with van der Waals surface area (Å²) in [6, 6.07) is 28.8. The highest BCUT2D eigenvalue weighted by atomic mass is 33.7. The predicted octanol–water partition coefficient (Wildman–Crippen LogP) is 9.75. The number of hydrogen-bond acceptors (Lipinski definition) is 15. The number of ether oxygens (including phenoxy) is 3. The molecule has 1 aliphatic heterocycles. The molecule has 0 radical (unpaired) electrons. The lowest BCUT2D eigenvalue weighted by Gasteiger charge is -2.40. The number of aromatic hydroxyl groups is 1. The normalized spacial score (nSPS) is 18.8. The van der Waals surface area contributed by atoms with Crippen LogP contribution in [0.15, 0.2) is 120 Å². The van der Waals surface area contributed by atoms with Crippen molar-refractivity contribution in [2.45, 2.75) is 31.1 Å². The van der Waals surface area contributed by atoms with Gasteiger partial charge < -0.3 is 24.2 Å². The standard InChI is InChI=1S/C43H34FNO11P2S5/c1-26-36(22-27-5-17-34(18-6-27)63(2)52)35-19-7-28(44)23-38(35)37(26)25-42(48)54-31-12-20-40(56-41(47)4-3-21-53-45(50)51)39(24-31)43(49)55-30-10-15-33(16-11-30)58(60)61-57(59,62-58)32-13-8-29(46)9-14-32/h5-20,22-24,46H,3-4,21,25H2,1-2H3. The Morgan fingerprint density at radius 3 is 2.10 bits per heavy atom. The van der Waals surface area contributed by atoms with E-state index in [1.54, 1.807) is 82.9 Å². The molecule has 1 heterocycles. The third-order valence-corrected chi connectivity index (χ3v) is 41.8. The molecule has 0 bridgehead atoms. The molecular weight excluding hydrogens is 948 g/mol. The first-order valence-electron chi connectivity index (χ1n) is 18.7. The lowest BCUT2D eigenvalue weighted by atomic mass is 10.0. The lowest BCUT2D eigenvalue weighted by Crippen LogP contribution is -2.16. The first kappa shape index (κ1) is 46.1. The first-order chi connectivity index (χ1) is 30.0. The topological polar surface area (TPSA) is 169 Å². The number of hydrogen-bond donors (Lipinski definition) is 1. The number of fused-ring (bicyclic) bond motifs is 1. The molecule has 1 N–H and O–H groups in total. The Morgan fingerprint density at radius 1 is 0.825 bits per heavy atom. The van der Waals surface area contributed by atoms with Crippen molar-refractivity contribution >= 4 is 111 Å². The molecule has 2 aliphatic rings. The van der Waals surface area contributed by atoms with Crippen LogP contribution >= 0.6 is 30.9 Å². The van der Waals surface area contributed by atoms with E-state index in [0.717, 1.165) is 27.3 Å². The summed E-state index contributed by atoms with van der Waals surface area (Å²) in [4.78, 5) is 55.6. The number of phenols is 1. The summed E-state index contributed by atoms with van der Waals surface area (Å²) in [6.45, 7) is 1.47. The molecule has 5 aromatic carbocycles. The van der Waals surface area contributed by atoms with E-state index < -0.39 is 48.5 Å². The average molecular weight is 982 g/mol. The van der Waals surface area contributed by atoms with E-state index in [9.17, 15) is 38.2 Å². The molecule has 0 amide bonds. The van der Waals surface area contributed by atoms with E-state index in [0.29, 0.717) is 21.6 Å². The molecule has 20 heteroatoms. The average Bonchev–Trinajstić information content (AvgIpc) is 3.47. The lowest BCUT2D eigenvalue weighted by molar-refractivity contribution is -0.757. The number of nitrogens with zero attached hydrogens (tertiary/aromatic N) is 1. The molecular formula is C43H34FNO11P2S5. The summed E-state index contributed by atoms with van der Waals surface area (Å²) in [5.41, 5.74) is 3.80. The van der Waals surface area contributed by atoms with Crippen LogP contribution < -0.4 is 24.8 Å². The molecule has 7 rings (SSSR count). The molecule has 1 fully saturated rings. The number of phenolic OH excluding ortho intramolecular Hbond substituents is 1. The minimum absolute atomic E-state index is 0.0405. The van der Waals surface area contributed by atoms with Gasteiger partial charge in [0.05, 0.1) is 21.9 Å². The van der Waals surface area contributed by atoms with Gasteiger partial charge in [0.15, 0.2) is 0 Å². The summed E-state index contributed by atoms with van der Waals surface area (Å²) in [6.07, 6.45) is 2.91. The minimum Gasteiger partial charge on any atom is -0.508 e. The van der Waals surface area contributed by atoms with Gasteiger partial charge in [-0.1, -0.05) is 63.8 Å². The number of allylic oxidation sites excluding steroid dienone is 2. The highest BCUT2D eigenvalue weighted by Gasteiger charge is 2.46. The van der Waals surface area contributed by atoms with E-state index in [4.69, 9.17) is 37.8 Å². The van der Waals surface area contributed by atoms with Gasteiger partial charge in [0.2, 0.25) is 0 Å². The zero-order valence-corrected chi connectivity index (χ0v) is 39.0. The maximum absolute atomic E-state index is 14.6. The third kappa shape index (κ3) is 10.9. The number of halogens is 1. The molecule has 0 saturated carbocycles. The van der Waals surface area contributed by atoms with Gasteiger partial charge in [-0.25, -0.2) is 9.18 Å². The number of benzene rings is 5. The molecule has 0 aromatic heterocycles. The summed E-state index contributed by atoms with van der Waals surface area (Å²) >= 11 is 15.2. The van der Waals surface area contributed by atoms with Crippen molar-refractivity contribution in [2.24, 2.45) is 0 Å². The maximum atomic E-state index is 14.6. The second kappa shape index (κ2) is 19.4. The van der Waals surface area contributed by atoms with Crippen LogP contribution in [-0.2, 0) is 48.8 Å². The first-order valence-corrected chi connectivity index (χ1v) is 30.0. The van der Waals surface area contributed by atoms with Crippen LogP contribution in [0.3, 0.4) is 0 Å². The second-order valence-corrected chi connectivity index (χ2v) is 36.5. The number of esters is 3. The van der Waals surface area contributed by atoms with E-state index in [1.807, 2.05) is 37.3 Å². The van der Waals surface area contributed by atoms with Gasteiger partial charge in [0, 0.05) is 39.0 Å².